The molecule has 0 saturated heterocycles. The Kier molecular flexibility index (Phi) is 6.09. The molecule has 0 aliphatic heterocycles. The first kappa shape index (κ1) is 21.8. The van der Waals surface area contributed by atoms with Crippen molar-refractivity contribution in [2.75, 3.05) is 6.54 Å². The van der Waals surface area contributed by atoms with E-state index in [-0.39, 0.29) is 18.8 Å². The third-order valence-corrected chi connectivity index (χ3v) is 4.08. The Morgan fingerprint density at radius 3 is 2.07 bits per heavy atom. The fourth-order valence-corrected chi connectivity index (χ4v) is 2.59. The lowest BCUT2D eigenvalue weighted by Gasteiger charge is -2.14. The Morgan fingerprint density at radius 1 is 1.04 bits per heavy atom. The molecular formula is C16H19F6N5O. The van der Waals surface area contributed by atoms with Gasteiger partial charge in [-0.25, -0.2) is 0 Å². The third-order valence-electron chi connectivity index (χ3n) is 4.08. The second kappa shape index (κ2) is 7.84. The van der Waals surface area contributed by atoms with E-state index in [9.17, 15) is 31.1 Å². The number of nitrogens with zero attached hydrogens (tertiary/aromatic N) is 4. The van der Waals surface area contributed by atoms with E-state index in [4.69, 9.17) is 0 Å². The number of aryl methyl sites for hydroxylation is 3. The second-order valence-corrected chi connectivity index (χ2v) is 6.33. The maximum Gasteiger partial charge on any atom is 0.435 e. The molecule has 2 rings (SSSR count). The third kappa shape index (κ3) is 5.04. The molecule has 1 amide bonds. The van der Waals surface area contributed by atoms with E-state index in [1.54, 1.807) is 0 Å². The Morgan fingerprint density at radius 2 is 1.57 bits per heavy atom. The van der Waals surface area contributed by atoms with Crippen molar-refractivity contribution in [2.45, 2.75) is 52.1 Å². The van der Waals surface area contributed by atoms with Crippen molar-refractivity contribution in [1.82, 2.24) is 24.9 Å². The van der Waals surface area contributed by atoms with Crippen LogP contribution in [0, 0.1) is 13.8 Å². The van der Waals surface area contributed by atoms with Gasteiger partial charge < -0.3 is 5.32 Å². The van der Waals surface area contributed by atoms with E-state index in [0.29, 0.717) is 12.1 Å². The van der Waals surface area contributed by atoms with Gasteiger partial charge in [0.05, 0.1) is 0 Å². The Bertz CT molecular complexity index is 836. The average Bonchev–Trinajstić information content (AvgIpc) is 3.13. The molecule has 0 radical (unpaired) electrons. The summed E-state index contributed by atoms with van der Waals surface area (Å²) in [6, 6.07) is 0.807. The zero-order valence-corrected chi connectivity index (χ0v) is 15.3. The summed E-state index contributed by atoms with van der Waals surface area (Å²) in [6.45, 7) is 4.57. The minimum Gasteiger partial charge on any atom is -0.354 e. The number of rotatable bonds is 6. The molecular weight excluding hydrogens is 392 g/mol. The lowest BCUT2D eigenvalue weighted by Crippen LogP contribution is -2.33. The maximum atomic E-state index is 12.7. The number of alkyl halides is 6. The quantitative estimate of drug-likeness (QED) is 0.585. The van der Waals surface area contributed by atoms with Gasteiger partial charge in [-0.05, 0) is 39.3 Å². The highest BCUT2D eigenvalue weighted by atomic mass is 19.4. The van der Waals surface area contributed by atoms with Crippen LogP contribution in [0.15, 0.2) is 12.1 Å². The molecule has 2 aromatic heterocycles. The first-order valence-electron chi connectivity index (χ1n) is 8.33. The number of hydrogen-bond donors (Lipinski definition) is 1. The highest BCUT2D eigenvalue weighted by molar-refractivity contribution is 5.79. The maximum absolute atomic E-state index is 12.7. The van der Waals surface area contributed by atoms with Gasteiger partial charge in [-0.3, -0.25) is 14.2 Å². The predicted molar refractivity (Wildman–Crippen MR) is 86.3 cm³/mol. The normalized spacial score (nSPS) is 13.6. The topological polar surface area (TPSA) is 64.7 Å². The van der Waals surface area contributed by atoms with Gasteiger partial charge in [-0.15, -0.1) is 0 Å². The molecule has 6 nitrogen and oxygen atoms in total. The number of hydrogen-bond acceptors (Lipinski definition) is 3. The average molecular weight is 411 g/mol. The summed E-state index contributed by atoms with van der Waals surface area (Å²) in [5, 5.41) is 9.44. The van der Waals surface area contributed by atoms with Crippen LogP contribution < -0.4 is 5.32 Å². The monoisotopic (exact) mass is 411 g/mol. The summed E-state index contributed by atoms with van der Waals surface area (Å²) in [4.78, 5) is 12.1. The summed E-state index contributed by atoms with van der Waals surface area (Å²) >= 11 is 0. The molecule has 0 saturated carbocycles. The van der Waals surface area contributed by atoms with E-state index in [2.05, 4.69) is 15.5 Å². The largest absolute Gasteiger partial charge is 0.435 e. The summed E-state index contributed by atoms with van der Waals surface area (Å²) in [6.07, 6.45) is -8.84. The fourth-order valence-electron chi connectivity index (χ4n) is 2.59. The summed E-state index contributed by atoms with van der Waals surface area (Å²) < 4.78 is 78.2. The lowest BCUT2D eigenvalue weighted by molar-refractivity contribution is -0.142. The molecule has 0 fully saturated rings. The number of carbonyl (C=O) groups excluding carboxylic acids is 1. The predicted octanol–water partition coefficient (Wildman–Crippen LogP) is 3.50. The molecule has 1 atom stereocenters. The van der Waals surface area contributed by atoms with Crippen LogP contribution in [0.5, 0.6) is 0 Å². The Balaban J connectivity index is 1.89. The van der Waals surface area contributed by atoms with E-state index in [0.717, 1.165) is 16.8 Å². The van der Waals surface area contributed by atoms with E-state index in [1.165, 1.54) is 25.5 Å². The molecule has 28 heavy (non-hydrogen) atoms. The van der Waals surface area contributed by atoms with Crippen molar-refractivity contribution in [2.24, 2.45) is 0 Å². The zero-order chi connectivity index (χ0) is 21.3. The van der Waals surface area contributed by atoms with Gasteiger partial charge in [0, 0.05) is 24.5 Å². The van der Waals surface area contributed by atoms with Crippen molar-refractivity contribution in [3.8, 4) is 0 Å². The zero-order valence-electron chi connectivity index (χ0n) is 15.3. The van der Waals surface area contributed by atoms with Gasteiger partial charge in [-0.2, -0.15) is 36.5 Å². The molecule has 156 valence electrons. The molecule has 2 aromatic rings. The standard InChI is InChI=1S/C16H19F6N5O/c1-9-7-12(15(17,18)19)24-26(9)6-4-5-23-14(28)11(3)27-10(2)8-13(25-27)16(20,21)22/h7-8,11H,4-6H2,1-3H3,(H,23,28). The van der Waals surface area contributed by atoms with Crippen LogP contribution >= 0.6 is 0 Å². The van der Waals surface area contributed by atoms with Gasteiger partial charge in [-0.1, -0.05) is 0 Å². The molecule has 0 aliphatic carbocycles. The smallest absolute Gasteiger partial charge is 0.354 e. The van der Waals surface area contributed by atoms with E-state index < -0.39 is 35.7 Å². The van der Waals surface area contributed by atoms with Crippen LogP contribution in [0.25, 0.3) is 0 Å². The molecule has 0 aliphatic rings. The van der Waals surface area contributed by atoms with Gasteiger partial charge >= 0.3 is 12.4 Å². The summed E-state index contributed by atoms with van der Waals surface area (Å²) in [5.41, 5.74) is -1.56. The van der Waals surface area contributed by atoms with Crippen LogP contribution in [-0.2, 0) is 23.7 Å². The minimum atomic E-state index is -4.61. The highest BCUT2D eigenvalue weighted by Gasteiger charge is 2.36. The van der Waals surface area contributed by atoms with Crippen molar-refractivity contribution < 1.29 is 31.1 Å². The fraction of sp³-hybridized carbons (Fsp3) is 0.562. The first-order chi connectivity index (χ1) is 12.8. The first-order valence-corrected chi connectivity index (χ1v) is 8.33. The number of carbonyl (C=O) groups is 1. The van der Waals surface area contributed by atoms with Crippen molar-refractivity contribution in [3.05, 3.63) is 34.9 Å². The van der Waals surface area contributed by atoms with Crippen molar-refractivity contribution >= 4 is 5.91 Å². The number of amides is 1. The highest BCUT2D eigenvalue weighted by Crippen LogP contribution is 2.29. The molecule has 1 unspecified atom stereocenters. The number of aromatic nitrogens is 4. The SMILES string of the molecule is Cc1cc(C(F)(F)F)nn1CCCNC(=O)C(C)n1nc(C(F)(F)F)cc1C. The molecule has 2 heterocycles. The van der Waals surface area contributed by atoms with Crippen molar-refractivity contribution in [3.63, 3.8) is 0 Å². The molecule has 0 spiro atoms. The van der Waals surface area contributed by atoms with Gasteiger partial charge in [0.1, 0.15) is 6.04 Å². The lowest BCUT2D eigenvalue weighted by atomic mass is 10.3. The molecule has 12 heteroatoms. The second-order valence-electron chi connectivity index (χ2n) is 6.33. The van der Waals surface area contributed by atoms with Crippen LogP contribution in [0.3, 0.4) is 0 Å². The Labute approximate surface area is 156 Å². The van der Waals surface area contributed by atoms with Gasteiger partial charge in [0.25, 0.3) is 0 Å². The molecule has 0 bridgehead atoms. The Hall–Kier alpha value is -2.53. The van der Waals surface area contributed by atoms with E-state index >= 15 is 0 Å². The number of halogens is 6. The van der Waals surface area contributed by atoms with Crippen LogP contribution in [0.4, 0.5) is 26.3 Å². The number of nitrogens with one attached hydrogen (secondary N) is 1. The van der Waals surface area contributed by atoms with E-state index in [1.807, 2.05) is 0 Å². The minimum absolute atomic E-state index is 0.121. The van der Waals surface area contributed by atoms with Crippen LogP contribution in [-0.4, -0.2) is 32.0 Å². The van der Waals surface area contributed by atoms with Crippen molar-refractivity contribution in [1.29, 1.82) is 0 Å². The summed E-state index contributed by atoms with van der Waals surface area (Å²) in [7, 11) is 0. The molecule has 1 N–H and O–H groups in total. The van der Waals surface area contributed by atoms with Crippen LogP contribution in [0.1, 0.15) is 42.2 Å². The molecule has 0 aromatic carbocycles. The van der Waals surface area contributed by atoms with Gasteiger partial charge in [0.15, 0.2) is 11.4 Å². The van der Waals surface area contributed by atoms with Crippen LogP contribution in [0.2, 0.25) is 0 Å². The van der Waals surface area contributed by atoms with Gasteiger partial charge in [0.2, 0.25) is 5.91 Å². The summed E-state index contributed by atoms with van der Waals surface area (Å²) in [5.74, 6) is -0.548.